The second-order valence-electron chi connectivity index (χ2n) is 3.97. The van der Waals surface area contributed by atoms with Crippen LogP contribution in [0.2, 0.25) is 0 Å². The highest BCUT2D eigenvalue weighted by Gasteiger charge is 2.28. The Morgan fingerprint density at radius 2 is 2.14 bits per heavy atom. The molecule has 1 aromatic rings. The van der Waals surface area contributed by atoms with Crippen LogP contribution >= 0.6 is 0 Å². The Balaban J connectivity index is 2.02. The van der Waals surface area contributed by atoms with Gasteiger partial charge in [0, 0.05) is 12.3 Å². The third-order valence-electron chi connectivity index (χ3n) is 2.65. The van der Waals surface area contributed by atoms with Crippen molar-refractivity contribution in [2.75, 3.05) is 13.1 Å². The number of nitrogens with one attached hydrogen (secondary N) is 1. The fourth-order valence-corrected chi connectivity index (χ4v) is 1.72. The average molecular weight is 192 g/mol. The van der Waals surface area contributed by atoms with Crippen LogP contribution in [0.15, 0.2) is 24.4 Å². The zero-order chi connectivity index (χ0) is 9.86. The molecule has 1 N–H and O–H groups in total. The largest absolute Gasteiger partial charge is 0.471 e. The number of nitrogens with zero attached hydrogens (tertiary/aromatic N) is 1. The first kappa shape index (κ1) is 9.46. The second kappa shape index (κ2) is 3.96. The molecule has 0 unspecified atom stereocenters. The normalized spacial score (nSPS) is 20.4. The molecule has 2 rings (SSSR count). The van der Waals surface area contributed by atoms with Crippen LogP contribution in [0.3, 0.4) is 0 Å². The SMILES string of the molecule is CC1(Oc2ccccn2)CCNCC1. The van der Waals surface area contributed by atoms with Crippen molar-refractivity contribution in [3.63, 3.8) is 0 Å². The number of piperidine rings is 1. The summed E-state index contributed by atoms with van der Waals surface area (Å²) in [5.74, 6) is 0.733. The Labute approximate surface area is 84.5 Å². The Bertz CT molecular complexity index is 281. The minimum Gasteiger partial charge on any atom is -0.471 e. The second-order valence-corrected chi connectivity index (χ2v) is 3.97. The van der Waals surface area contributed by atoms with E-state index >= 15 is 0 Å². The van der Waals surface area contributed by atoms with Crippen LogP contribution in [0, 0.1) is 0 Å². The van der Waals surface area contributed by atoms with Gasteiger partial charge in [-0.25, -0.2) is 4.98 Å². The van der Waals surface area contributed by atoms with Gasteiger partial charge in [0.1, 0.15) is 5.60 Å². The minimum atomic E-state index is -0.0421. The van der Waals surface area contributed by atoms with Crippen LogP contribution in [-0.2, 0) is 0 Å². The number of hydrogen-bond acceptors (Lipinski definition) is 3. The fraction of sp³-hybridized carbons (Fsp3) is 0.545. The molecule has 1 aliphatic heterocycles. The molecular formula is C11H16N2O. The van der Waals surface area contributed by atoms with Crippen LogP contribution in [-0.4, -0.2) is 23.7 Å². The van der Waals surface area contributed by atoms with Crippen LogP contribution in [0.4, 0.5) is 0 Å². The molecule has 0 bridgehead atoms. The van der Waals surface area contributed by atoms with Crippen molar-refractivity contribution in [1.82, 2.24) is 10.3 Å². The molecule has 76 valence electrons. The first-order valence-electron chi connectivity index (χ1n) is 5.09. The van der Waals surface area contributed by atoms with Crippen LogP contribution < -0.4 is 10.1 Å². The van der Waals surface area contributed by atoms with Crippen molar-refractivity contribution in [3.05, 3.63) is 24.4 Å². The lowest BCUT2D eigenvalue weighted by Gasteiger charge is -2.34. The highest BCUT2D eigenvalue weighted by atomic mass is 16.5. The van der Waals surface area contributed by atoms with Crippen molar-refractivity contribution < 1.29 is 4.74 Å². The zero-order valence-corrected chi connectivity index (χ0v) is 8.49. The third-order valence-corrected chi connectivity index (χ3v) is 2.65. The maximum Gasteiger partial charge on any atom is 0.213 e. The lowest BCUT2D eigenvalue weighted by molar-refractivity contribution is 0.0508. The van der Waals surface area contributed by atoms with Crippen molar-refractivity contribution in [2.24, 2.45) is 0 Å². The molecule has 0 aromatic carbocycles. The molecule has 14 heavy (non-hydrogen) atoms. The van der Waals surface area contributed by atoms with Gasteiger partial charge in [-0.3, -0.25) is 0 Å². The van der Waals surface area contributed by atoms with Gasteiger partial charge in [-0.2, -0.15) is 0 Å². The van der Waals surface area contributed by atoms with Crippen LogP contribution in [0.1, 0.15) is 19.8 Å². The summed E-state index contributed by atoms with van der Waals surface area (Å²) < 4.78 is 5.89. The summed E-state index contributed by atoms with van der Waals surface area (Å²) >= 11 is 0. The van der Waals surface area contributed by atoms with Gasteiger partial charge in [0.05, 0.1) is 0 Å². The van der Waals surface area contributed by atoms with Crippen molar-refractivity contribution in [2.45, 2.75) is 25.4 Å². The lowest BCUT2D eigenvalue weighted by Crippen LogP contribution is -2.43. The molecular weight excluding hydrogens is 176 g/mol. The monoisotopic (exact) mass is 192 g/mol. The van der Waals surface area contributed by atoms with E-state index in [1.54, 1.807) is 6.20 Å². The molecule has 0 atom stereocenters. The Kier molecular flexibility index (Phi) is 2.68. The van der Waals surface area contributed by atoms with E-state index in [4.69, 9.17) is 4.74 Å². The van der Waals surface area contributed by atoms with E-state index in [0.717, 1.165) is 31.8 Å². The molecule has 0 saturated carbocycles. The van der Waals surface area contributed by atoms with E-state index in [1.807, 2.05) is 18.2 Å². The molecule has 1 aliphatic rings. The highest BCUT2D eigenvalue weighted by Crippen LogP contribution is 2.23. The van der Waals surface area contributed by atoms with Gasteiger partial charge in [0.15, 0.2) is 0 Å². The van der Waals surface area contributed by atoms with Crippen LogP contribution in [0.25, 0.3) is 0 Å². The van der Waals surface area contributed by atoms with E-state index in [0.29, 0.717) is 0 Å². The molecule has 1 saturated heterocycles. The van der Waals surface area contributed by atoms with Gasteiger partial charge in [-0.05, 0) is 38.9 Å². The van der Waals surface area contributed by atoms with Crippen molar-refractivity contribution >= 4 is 0 Å². The first-order valence-corrected chi connectivity index (χ1v) is 5.09. The number of pyridine rings is 1. The van der Waals surface area contributed by atoms with E-state index in [2.05, 4.69) is 17.2 Å². The van der Waals surface area contributed by atoms with E-state index in [-0.39, 0.29) is 5.60 Å². The smallest absolute Gasteiger partial charge is 0.213 e. The Morgan fingerprint density at radius 1 is 1.36 bits per heavy atom. The fourth-order valence-electron chi connectivity index (χ4n) is 1.72. The molecule has 0 spiro atoms. The quantitative estimate of drug-likeness (QED) is 0.773. The number of aromatic nitrogens is 1. The highest BCUT2D eigenvalue weighted by molar-refractivity contribution is 5.11. The molecule has 2 heterocycles. The summed E-state index contributed by atoms with van der Waals surface area (Å²) in [4.78, 5) is 4.18. The topological polar surface area (TPSA) is 34.1 Å². The van der Waals surface area contributed by atoms with Crippen molar-refractivity contribution in [1.29, 1.82) is 0 Å². The van der Waals surface area contributed by atoms with Gasteiger partial charge in [-0.15, -0.1) is 0 Å². The molecule has 3 nitrogen and oxygen atoms in total. The summed E-state index contributed by atoms with van der Waals surface area (Å²) in [6.45, 7) is 4.22. The molecule has 0 radical (unpaired) electrons. The third kappa shape index (κ3) is 2.23. The molecule has 0 amide bonds. The first-order chi connectivity index (χ1) is 6.79. The maximum atomic E-state index is 5.89. The minimum absolute atomic E-state index is 0.0421. The van der Waals surface area contributed by atoms with Gasteiger partial charge >= 0.3 is 0 Å². The Hall–Kier alpha value is -1.09. The zero-order valence-electron chi connectivity index (χ0n) is 8.49. The molecule has 1 aromatic heterocycles. The standard InChI is InChI=1S/C11H16N2O/c1-11(5-8-12-9-6-11)14-10-4-2-3-7-13-10/h2-4,7,12H,5-6,8-9H2,1H3. The van der Waals surface area contributed by atoms with E-state index < -0.39 is 0 Å². The number of ether oxygens (including phenoxy) is 1. The van der Waals surface area contributed by atoms with Gasteiger partial charge in [0.25, 0.3) is 0 Å². The number of hydrogen-bond donors (Lipinski definition) is 1. The van der Waals surface area contributed by atoms with Crippen LogP contribution in [0.5, 0.6) is 5.88 Å². The van der Waals surface area contributed by atoms with E-state index in [9.17, 15) is 0 Å². The molecule has 3 heteroatoms. The molecule has 0 aliphatic carbocycles. The number of rotatable bonds is 2. The average Bonchev–Trinajstić information content (AvgIpc) is 2.19. The van der Waals surface area contributed by atoms with Crippen molar-refractivity contribution in [3.8, 4) is 5.88 Å². The summed E-state index contributed by atoms with van der Waals surface area (Å²) in [5, 5.41) is 3.33. The summed E-state index contributed by atoms with van der Waals surface area (Å²) in [6, 6.07) is 5.76. The van der Waals surface area contributed by atoms with Gasteiger partial charge in [0.2, 0.25) is 5.88 Å². The summed E-state index contributed by atoms with van der Waals surface area (Å²) in [6.07, 6.45) is 3.85. The molecule has 1 fully saturated rings. The van der Waals surface area contributed by atoms with Gasteiger partial charge < -0.3 is 10.1 Å². The summed E-state index contributed by atoms with van der Waals surface area (Å²) in [7, 11) is 0. The predicted molar refractivity (Wildman–Crippen MR) is 55.4 cm³/mol. The van der Waals surface area contributed by atoms with E-state index in [1.165, 1.54) is 0 Å². The van der Waals surface area contributed by atoms with Gasteiger partial charge in [-0.1, -0.05) is 6.07 Å². The predicted octanol–water partition coefficient (Wildman–Crippen LogP) is 1.60. The summed E-state index contributed by atoms with van der Waals surface area (Å²) in [5.41, 5.74) is -0.0421. The lowest BCUT2D eigenvalue weighted by atomic mass is 9.95. The Morgan fingerprint density at radius 3 is 2.79 bits per heavy atom. The maximum absolute atomic E-state index is 5.89.